The van der Waals surface area contributed by atoms with Gasteiger partial charge in [0.1, 0.15) is 5.75 Å². The molecule has 0 aromatic heterocycles. The number of hydrogen-bond acceptors (Lipinski definition) is 7. The first-order chi connectivity index (χ1) is 21.8. The third kappa shape index (κ3) is 6.90. The number of halogens is 1. The molecule has 2 aliphatic carbocycles. The van der Waals surface area contributed by atoms with Gasteiger partial charge in [-0.05, 0) is 106 Å². The van der Waals surface area contributed by atoms with Crippen molar-refractivity contribution in [2.75, 3.05) is 31.2 Å². The molecule has 9 nitrogen and oxygen atoms in total. The van der Waals surface area contributed by atoms with E-state index in [4.69, 9.17) is 16.3 Å². The van der Waals surface area contributed by atoms with E-state index in [0.717, 1.165) is 50.6 Å². The summed E-state index contributed by atoms with van der Waals surface area (Å²) in [5, 5.41) is 13.8. The lowest BCUT2D eigenvalue weighted by Gasteiger charge is -2.52. The molecule has 46 heavy (non-hydrogen) atoms. The Morgan fingerprint density at radius 3 is 2.63 bits per heavy atom. The molecule has 3 N–H and O–H groups in total. The average Bonchev–Trinajstić information content (AvgIpc) is 3.14. The number of anilines is 1. The van der Waals surface area contributed by atoms with Gasteiger partial charge in [-0.3, -0.25) is 9.59 Å². The van der Waals surface area contributed by atoms with Crippen LogP contribution in [0.15, 0.2) is 36.4 Å². The number of carbonyl (C=O) groups is 2. The number of nitrogens with one attached hydrogen (secondary N) is 2. The average molecular weight is 674 g/mol. The number of aliphatic hydroxyl groups is 1. The van der Waals surface area contributed by atoms with Crippen molar-refractivity contribution in [2.24, 2.45) is 11.8 Å². The second-order valence-corrected chi connectivity index (χ2v) is 16.5. The van der Waals surface area contributed by atoms with Crippen LogP contribution in [0.3, 0.4) is 0 Å². The molecule has 0 radical (unpaired) electrons. The van der Waals surface area contributed by atoms with Gasteiger partial charge in [0.25, 0.3) is 5.91 Å². The number of rotatable bonds is 11. The maximum atomic E-state index is 13.2. The summed E-state index contributed by atoms with van der Waals surface area (Å²) in [6.07, 6.45) is 7.24. The number of carbonyl (C=O) groups excluding carboxylic acids is 2. The number of unbranched alkanes of at least 4 members (excludes halogenated alkanes) is 1. The summed E-state index contributed by atoms with van der Waals surface area (Å²) in [7, 11) is -3.82. The third-order valence-electron chi connectivity index (χ3n) is 10.4. The molecule has 2 aromatic carbocycles. The van der Waals surface area contributed by atoms with Crippen molar-refractivity contribution in [3.05, 3.63) is 58.1 Å². The molecule has 1 fully saturated rings. The van der Waals surface area contributed by atoms with Gasteiger partial charge in [-0.15, -0.1) is 0 Å². The molecule has 0 bridgehead atoms. The highest BCUT2D eigenvalue weighted by Crippen LogP contribution is 2.48. The highest BCUT2D eigenvalue weighted by molar-refractivity contribution is 7.90. The van der Waals surface area contributed by atoms with E-state index in [1.807, 2.05) is 6.07 Å². The largest absolute Gasteiger partial charge is 0.490 e. The highest BCUT2D eigenvalue weighted by Gasteiger charge is 2.49. The normalized spacial score (nSPS) is 23.8. The molecule has 1 aliphatic heterocycles. The molecule has 2 aromatic rings. The first-order valence-electron chi connectivity index (χ1n) is 16.6. The van der Waals surface area contributed by atoms with Gasteiger partial charge in [0.2, 0.25) is 15.9 Å². The predicted molar refractivity (Wildman–Crippen MR) is 181 cm³/mol. The van der Waals surface area contributed by atoms with E-state index in [9.17, 15) is 23.1 Å². The molecule has 252 valence electrons. The van der Waals surface area contributed by atoms with Crippen molar-refractivity contribution in [3.8, 4) is 5.75 Å². The molecule has 0 saturated heterocycles. The number of hydrogen-bond donors (Lipinski definition) is 3. The lowest BCUT2D eigenvalue weighted by Crippen LogP contribution is -2.62. The second kappa shape index (κ2) is 13.7. The van der Waals surface area contributed by atoms with E-state index >= 15 is 0 Å². The van der Waals surface area contributed by atoms with Crippen molar-refractivity contribution in [1.82, 2.24) is 10.0 Å². The van der Waals surface area contributed by atoms with Crippen LogP contribution in [0.1, 0.15) is 94.1 Å². The summed E-state index contributed by atoms with van der Waals surface area (Å²) in [5.74, 6) is 0.0628. The van der Waals surface area contributed by atoms with Crippen LogP contribution in [0.4, 0.5) is 5.69 Å². The van der Waals surface area contributed by atoms with Gasteiger partial charge < -0.3 is 20.1 Å². The van der Waals surface area contributed by atoms with Gasteiger partial charge in [0.15, 0.2) is 0 Å². The summed E-state index contributed by atoms with van der Waals surface area (Å²) in [6.45, 7) is 8.27. The van der Waals surface area contributed by atoms with Gasteiger partial charge in [-0.2, -0.15) is 0 Å². The van der Waals surface area contributed by atoms with Crippen molar-refractivity contribution < 1.29 is 27.9 Å². The van der Waals surface area contributed by atoms with E-state index in [2.05, 4.69) is 34.0 Å². The molecule has 1 spiro atoms. The highest BCUT2D eigenvalue weighted by atomic mass is 35.5. The van der Waals surface area contributed by atoms with E-state index in [1.165, 1.54) is 31.9 Å². The quantitative estimate of drug-likeness (QED) is 0.293. The van der Waals surface area contributed by atoms with Crippen LogP contribution < -0.4 is 19.7 Å². The van der Waals surface area contributed by atoms with Crippen LogP contribution >= 0.6 is 11.6 Å². The minimum Gasteiger partial charge on any atom is -0.490 e. The van der Waals surface area contributed by atoms with Crippen molar-refractivity contribution in [3.63, 3.8) is 0 Å². The monoisotopic (exact) mass is 673 g/mol. The fourth-order valence-electron chi connectivity index (χ4n) is 7.78. The molecular formula is C35H48ClN3O6S. The van der Waals surface area contributed by atoms with Crippen LogP contribution in [0.25, 0.3) is 0 Å². The Labute approximate surface area is 278 Å². The SMILES string of the molecule is CCCC[C@](CO)(NC(C)=O)[C@@H]1CC[C@H]1CN1C[C@@]2(CCCc3cc(Cl)ccc32)COc2ccc(C(=O)NS(=O)(=O)C(C)C)cc21. The van der Waals surface area contributed by atoms with Gasteiger partial charge in [-0.25, -0.2) is 13.1 Å². The number of fused-ring (bicyclic) bond motifs is 3. The van der Waals surface area contributed by atoms with Gasteiger partial charge in [-0.1, -0.05) is 37.4 Å². The third-order valence-corrected chi connectivity index (χ3v) is 12.4. The molecule has 4 atom stereocenters. The summed E-state index contributed by atoms with van der Waals surface area (Å²) in [4.78, 5) is 27.9. The van der Waals surface area contributed by atoms with Gasteiger partial charge >= 0.3 is 0 Å². The molecule has 1 heterocycles. The number of aryl methyl sites for hydroxylation is 1. The standard InChI is InChI=1S/C35H48ClN3O6S/c1-5-6-16-35(21-40,37-24(4)41)30-12-9-27(30)19-39-20-34(15-7-8-25-17-28(36)11-13-29(25)34)22-45-32-14-10-26(18-31(32)39)33(42)38-46(43,44)23(2)3/h10-11,13-14,17-18,23,27,30,40H,5-9,12,15-16,19-22H2,1-4H3,(H,37,41)(H,38,42)/t27-,30+,34-,35+/m0/s1. The van der Waals surface area contributed by atoms with E-state index in [0.29, 0.717) is 36.9 Å². The smallest absolute Gasteiger partial charge is 0.264 e. The van der Waals surface area contributed by atoms with Crippen LogP contribution in [-0.4, -0.2) is 62.4 Å². The predicted octanol–water partition coefficient (Wildman–Crippen LogP) is 5.36. The first-order valence-corrected chi connectivity index (χ1v) is 18.5. The minimum absolute atomic E-state index is 0.0802. The van der Waals surface area contributed by atoms with Crippen LogP contribution in [-0.2, 0) is 26.7 Å². The molecular weight excluding hydrogens is 626 g/mol. The van der Waals surface area contributed by atoms with E-state index in [-0.39, 0.29) is 35.3 Å². The number of nitrogens with zero attached hydrogens (tertiary/aromatic N) is 1. The Morgan fingerprint density at radius 2 is 1.98 bits per heavy atom. The summed E-state index contributed by atoms with van der Waals surface area (Å²) >= 11 is 6.42. The van der Waals surface area contributed by atoms with Crippen LogP contribution in [0.2, 0.25) is 5.02 Å². The number of ether oxygens (including phenoxy) is 1. The number of amides is 2. The maximum absolute atomic E-state index is 13.2. The molecule has 2 amide bonds. The first kappa shape index (κ1) is 34.5. The van der Waals surface area contributed by atoms with Crippen molar-refractivity contribution in [2.45, 2.75) is 95.3 Å². The lowest BCUT2D eigenvalue weighted by atomic mass is 9.61. The Morgan fingerprint density at radius 1 is 1.20 bits per heavy atom. The second-order valence-electron chi connectivity index (χ2n) is 13.9. The number of benzene rings is 2. The Hall–Kier alpha value is -2.82. The van der Waals surface area contributed by atoms with Crippen LogP contribution in [0.5, 0.6) is 5.75 Å². The topological polar surface area (TPSA) is 125 Å². The zero-order valence-electron chi connectivity index (χ0n) is 27.4. The number of sulfonamides is 1. The molecule has 3 aliphatic rings. The summed E-state index contributed by atoms with van der Waals surface area (Å²) in [5.41, 5.74) is 2.39. The van der Waals surface area contributed by atoms with Crippen molar-refractivity contribution >= 4 is 39.1 Å². The zero-order chi connectivity index (χ0) is 33.3. The van der Waals surface area contributed by atoms with E-state index in [1.54, 1.807) is 18.2 Å². The van der Waals surface area contributed by atoms with Crippen molar-refractivity contribution in [1.29, 1.82) is 0 Å². The molecule has 5 rings (SSSR count). The zero-order valence-corrected chi connectivity index (χ0v) is 29.0. The lowest BCUT2D eigenvalue weighted by molar-refractivity contribution is -0.124. The Bertz CT molecular complexity index is 1570. The fourth-order valence-corrected chi connectivity index (χ4v) is 8.59. The molecule has 0 unspecified atom stereocenters. The summed E-state index contributed by atoms with van der Waals surface area (Å²) in [6, 6.07) is 11.2. The van der Waals surface area contributed by atoms with Gasteiger partial charge in [0.05, 0.1) is 29.7 Å². The van der Waals surface area contributed by atoms with Gasteiger partial charge in [0, 0.05) is 36.0 Å². The summed E-state index contributed by atoms with van der Waals surface area (Å²) < 4.78 is 33.9. The fraction of sp³-hybridized carbons (Fsp3) is 0.600. The molecule has 1 saturated carbocycles. The number of aliphatic hydroxyl groups excluding tert-OH is 1. The Kier molecular flexibility index (Phi) is 10.3. The Balaban J connectivity index is 1.54. The van der Waals surface area contributed by atoms with E-state index < -0.39 is 26.7 Å². The minimum atomic E-state index is -3.82. The maximum Gasteiger partial charge on any atom is 0.264 e. The van der Waals surface area contributed by atoms with Crippen LogP contribution in [0, 0.1) is 11.8 Å². The molecule has 11 heteroatoms.